The smallest absolute Gasteiger partial charge is 0.252 e. The number of carbonyl (C=O) groups is 4. The van der Waals surface area contributed by atoms with Crippen molar-refractivity contribution >= 4 is 35.4 Å². The molecule has 9 heteroatoms. The van der Waals surface area contributed by atoms with Crippen molar-refractivity contribution in [2.45, 2.75) is 70.0 Å². The molecule has 2 N–H and O–H groups in total. The number of pyridine rings is 1. The van der Waals surface area contributed by atoms with Gasteiger partial charge in [0.25, 0.3) is 5.91 Å². The van der Waals surface area contributed by atoms with Gasteiger partial charge in [-0.25, -0.2) is 0 Å². The van der Waals surface area contributed by atoms with Crippen molar-refractivity contribution in [2.75, 3.05) is 25.4 Å². The molecule has 0 aliphatic carbocycles. The summed E-state index contributed by atoms with van der Waals surface area (Å²) in [6, 6.07) is 3.37. The van der Waals surface area contributed by atoms with E-state index < -0.39 is 5.25 Å². The largest absolute Gasteiger partial charge is 0.354 e. The van der Waals surface area contributed by atoms with E-state index in [0.29, 0.717) is 30.7 Å². The third-order valence-electron chi connectivity index (χ3n) is 6.63. The van der Waals surface area contributed by atoms with E-state index in [-0.39, 0.29) is 43.1 Å². The van der Waals surface area contributed by atoms with Gasteiger partial charge in [0.2, 0.25) is 17.7 Å². The molecule has 45 heavy (non-hydrogen) atoms. The summed E-state index contributed by atoms with van der Waals surface area (Å²) in [5, 5.41) is 5.12. The number of thioether (sulfide) groups is 1. The second-order valence-electron chi connectivity index (χ2n) is 10.2. The maximum atomic E-state index is 12.7. The first-order chi connectivity index (χ1) is 22.0. The van der Waals surface area contributed by atoms with E-state index >= 15 is 0 Å². The summed E-state index contributed by atoms with van der Waals surface area (Å²) in [4.78, 5) is 54.3. The van der Waals surface area contributed by atoms with Crippen LogP contribution in [0.4, 0.5) is 0 Å². The Morgan fingerprint density at radius 3 is 2.04 bits per heavy atom. The summed E-state index contributed by atoms with van der Waals surface area (Å²) in [5.74, 6) is -0.297. The van der Waals surface area contributed by atoms with Crippen LogP contribution >= 0.6 is 11.8 Å². The molecule has 1 atom stereocenters. The lowest BCUT2D eigenvalue weighted by molar-refractivity contribution is -0.138. The molecule has 8 nitrogen and oxygen atoms in total. The summed E-state index contributed by atoms with van der Waals surface area (Å²) >= 11 is 1.35. The predicted molar refractivity (Wildman–Crippen MR) is 185 cm³/mol. The molecule has 0 radical (unpaired) electrons. The lowest BCUT2D eigenvalue weighted by atomic mass is 10.2. The Balaban J connectivity index is 1.47. The fourth-order valence-electron chi connectivity index (χ4n) is 4.23. The molecular weight excluding hydrogens is 584 g/mol. The van der Waals surface area contributed by atoms with Crippen LogP contribution in [-0.4, -0.2) is 64.1 Å². The van der Waals surface area contributed by atoms with Crippen molar-refractivity contribution in [2.24, 2.45) is 0 Å². The first-order valence-corrected chi connectivity index (χ1v) is 16.9. The quantitative estimate of drug-likeness (QED) is 0.0887. The van der Waals surface area contributed by atoms with Crippen LogP contribution in [-0.2, 0) is 14.4 Å². The van der Waals surface area contributed by atoms with Crippen LogP contribution in [0.3, 0.4) is 0 Å². The Morgan fingerprint density at radius 1 is 0.867 bits per heavy atom. The third-order valence-corrected chi connectivity index (χ3v) is 7.84. The number of allylic oxidation sites excluding steroid dienone is 12. The second kappa shape index (κ2) is 24.4. The zero-order valence-corrected chi connectivity index (χ0v) is 27.3. The lowest BCUT2D eigenvalue weighted by Crippen LogP contribution is -2.38. The molecule has 0 saturated carbocycles. The van der Waals surface area contributed by atoms with Gasteiger partial charge < -0.3 is 10.6 Å². The Hall–Kier alpha value is -3.98. The number of imide groups is 1. The topological polar surface area (TPSA) is 108 Å². The van der Waals surface area contributed by atoms with Crippen LogP contribution in [0.1, 0.15) is 75.1 Å². The van der Waals surface area contributed by atoms with Gasteiger partial charge in [0.05, 0.1) is 10.8 Å². The maximum Gasteiger partial charge on any atom is 0.252 e. The van der Waals surface area contributed by atoms with Crippen LogP contribution in [0.5, 0.6) is 0 Å². The van der Waals surface area contributed by atoms with Crippen LogP contribution in [0.15, 0.2) is 97.4 Å². The highest BCUT2D eigenvalue weighted by Crippen LogP contribution is 2.24. The van der Waals surface area contributed by atoms with Crippen LogP contribution < -0.4 is 10.6 Å². The number of amides is 4. The monoisotopic (exact) mass is 632 g/mol. The maximum absolute atomic E-state index is 12.7. The Bertz CT molecular complexity index is 1220. The molecule has 1 unspecified atom stereocenters. The zero-order valence-electron chi connectivity index (χ0n) is 26.4. The molecule has 1 aliphatic rings. The molecule has 1 aromatic rings. The fraction of sp³-hybridized carbons (Fsp3) is 0.417. The number of nitrogens with one attached hydrogen (secondary N) is 2. The number of rotatable bonds is 22. The van der Waals surface area contributed by atoms with Crippen molar-refractivity contribution < 1.29 is 19.2 Å². The molecule has 242 valence electrons. The Labute approximate surface area is 272 Å². The van der Waals surface area contributed by atoms with Crippen molar-refractivity contribution in [1.29, 1.82) is 0 Å². The number of hydrogen-bond donors (Lipinski definition) is 2. The van der Waals surface area contributed by atoms with Crippen LogP contribution in [0.2, 0.25) is 0 Å². The van der Waals surface area contributed by atoms with E-state index in [4.69, 9.17) is 0 Å². The summed E-state index contributed by atoms with van der Waals surface area (Å²) < 4.78 is 0. The average molecular weight is 633 g/mol. The molecule has 0 spiro atoms. The van der Waals surface area contributed by atoms with Gasteiger partial charge in [-0.15, -0.1) is 11.8 Å². The minimum Gasteiger partial charge on any atom is -0.354 e. The number of likely N-dealkylation sites (tertiary alicyclic amines) is 1. The number of nitrogens with zero attached hydrogens (tertiary/aromatic N) is 2. The first-order valence-electron chi connectivity index (χ1n) is 15.8. The molecule has 2 heterocycles. The molecule has 1 aliphatic heterocycles. The zero-order chi connectivity index (χ0) is 32.4. The van der Waals surface area contributed by atoms with E-state index in [2.05, 4.69) is 83.3 Å². The summed E-state index contributed by atoms with van der Waals surface area (Å²) in [6.45, 7) is 2.92. The molecular formula is C36H48N4O4S. The first kappa shape index (κ1) is 37.2. The highest BCUT2D eigenvalue weighted by Gasteiger charge is 2.38. The van der Waals surface area contributed by atoms with Gasteiger partial charge >= 0.3 is 0 Å². The molecule has 1 fully saturated rings. The van der Waals surface area contributed by atoms with Crippen molar-refractivity contribution in [3.8, 4) is 0 Å². The molecule has 1 aromatic heterocycles. The molecule has 0 aromatic carbocycles. The van der Waals surface area contributed by atoms with Gasteiger partial charge in [-0.05, 0) is 57.1 Å². The minimum atomic E-state index is -0.461. The molecule has 4 amide bonds. The fourth-order valence-corrected chi connectivity index (χ4v) is 5.27. The van der Waals surface area contributed by atoms with Gasteiger partial charge in [-0.2, -0.15) is 0 Å². The van der Waals surface area contributed by atoms with Gasteiger partial charge in [0, 0.05) is 50.6 Å². The van der Waals surface area contributed by atoms with Crippen molar-refractivity contribution in [3.63, 3.8) is 0 Å². The Kier molecular flexibility index (Phi) is 20.1. The summed E-state index contributed by atoms with van der Waals surface area (Å²) in [5.41, 5.74) is 0.472. The number of hydrogen-bond acceptors (Lipinski definition) is 6. The van der Waals surface area contributed by atoms with Crippen LogP contribution in [0.25, 0.3) is 0 Å². The molecule has 0 bridgehead atoms. The van der Waals surface area contributed by atoms with Gasteiger partial charge in [0.15, 0.2) is 0 Å². The summed E-state index contributed by atoms with van der Waals surface area (Å²) in [7, 11) is 0. The Morgan fingerprint density at radius 2 is 1.47 bits per heavy atom. The van der Waals surface area contributed by atoms with Gasteiger partial charge in [-0.1, -0.05) is 79.8 Å². The van der Waals surface area contributed by atoms with Gasteiger partial charge in [0.1, 0.15) is 0 Å². The SMILES string of the molecule is CC/C=C\C/C=C\C/C=C\C/C=C\C/C=C\C/C=C\CCC(=O)NCCN1C(=O)CC(SCCNC(=O)c2cccnc2)C1=O. The van der Waals surface area contributed by atoms with Crippen molar-refractivity contribution in [1.82, 2.24) is 20.5 Å². The van der Waals surface area contributed by atoms with E-state index in [1.54, 1.807) is 18.3 Å². The minimum absolute atomic E-state index is 0.107. The van der Waals surface area contributed by atoms with Crippen molar-refractivity contribution in [3.05, 3.63) is 103 Å². The average Bonchev–Trinajstić information content (AvgIpc) is 3.32. The molecule has 1 saturated heterocycles. The van der Waals surface area contributed by atoms with E-state index in [1.165, 1.54) is 22.9 Å². The normalized spacial score (nSPS) is 15.8. The lowest BCUT2D eigenvalue weighted by Gasteiger charge is -2.15. The third kappa shape index (κ3) is 17.2. The second-order valence-corrected chi connectivity index (χ2v) is 11.6. The number of carbonyl (C=O) groups excluding carboxylic acids is 4. The van der Waals surface area contributed by atoms with Crippen LogP contribution in [0, 0.1) is 0 Å². The highest BCUT2D eigenvalue weighted by atomic mass is 32.2. The number of aromatic nitrogens is 1. The van der Waals surface area contributed by atoms with E-state index in [9.17, 15) is 19.2 Å². The predicted octanol–water partition coefficient (Wildman–Crippen LogP) is 6.27. The molecule has 2 rings (SSSR count). The standard InChI is InChI=1S/C36H48N4O4S/c1-2-3-4-5-6-7-8-9-10-11-12-13-14-15-16-17-18-19-20-23-33(41)38-25-27-40-34(42)29-32(36(40)44)45-28-26-39-35(43)31-22-21-24-37-30-31/h3-4,6-7,9-10,12-13,15-16,18-19,21-22,24,30,32H,2,5,8,11,14,17,20,23,25-29H2,1H3,(H,38,41)(H,39,43)/b4-3-,7-6-,10-9-,13-12-,16-15-,19-18-. The van der Waals surface area contributed by atoms with E-state index in [1.807, 2.05) is 12.2 Å². The van der Waals surface area contributed by atoms with Gasteiger partial charge in [-0.3, -0.25) is 29.1 Å². The highest BCUT2D eigenvalue weighted by molar-refractivity contribution is 8.00. The van der Waals surface area contributed by atoms with E-state index in [0.717, 1.165) is 38.5 Å². The summed E-state index contributed by atoms with van der Waals surface area (Å²) in [6.07, 6.45) is 35.7.